The number of carbonyl (C=O) groups is 1. The molecule has 0 bridgehead atoms. The van der Waals surface area contributed by atoms with Crippen LogP contribution in [-0.2, 0) is 0 Å². The molecule has 0 N–H and O–H groups in total. The van der Waals surface area contributed by atoms with E-state index in [2.05, 4.69) is 15.1 Å². The third-order valence-electron chi connectivity index (χ3n) is 4.41. The zero-order valence-corrected chi connectivity index (χ0v) is 14.0. The molecule has 1 amide bonds. The topological polar surface area (TPSA) is 62.5 Å². The van der Waals surface area contributed by atoms with Gasteiger partial charge >= 0.3 is 0 Å². The van der Waals surface area contributed by atoms with Gasteiger partial charge in [0, 0.05) is 31.7 Å². The summed E-state index contributed by atoms with van der Waals surface area (Å²) >= 11 is 0. The number of rotatable bonds is 3. The highest BCUT2D eigenvalue weighted by atomic mass is 19.1. The van der Waals surface area contributed by atoms with Crippen LogP contribution in [0.25, 0.3) is 11.5 Å². The Kier molecular flexibility index (Phi) is 4.35. The molecule has 0 unspecified atom stereocenters. The third kappa shape index (κ3) is 3.28. The molecule has 1 aliphatic heterocycles. The van der Waals surface area contributed by atoms with E-state index in [0.29, 0.717) is 43.2 Å². The molecule has 0 spiro atoms. The van der Waals surface area contributed by atoms with E-state index in [9.17, 15) is 9.18 Å². The molecule has 7 heteroatoms. The van der Waals surface area contributed by atoms with Crippen LogP contribution in [0, 0.1) is 5.82 Å². The predicted molar refractivity (Wildman–Crippen MR) is 94.3 cm³/mol. The van der Waals surface area contributed by atoms with Crippen LogP contribution in [0.4, 0.5) is 10.2 Å². The standard InChI is InChI=1S/C19H17FN4O2/c20-15-5-3-14(4-6-15)19(25)24-11-9-23(10-12-24)18-8-7-16(21-22-18)17-2-1-13-26-17/h1-8,13H,9-12H2. The van der Waals surface area contributed by atoms with E-state index in [-0.39, 0.29) is 11.7 Å². The van der Waals surface area contributed by atoms with Gasteiger partial charge in [-0.3, -0.25) is 4.79 Å². The zero-order chi connectivity index (χ0) is 17.9. The van der Waals surface area contributed by atoms with E-state index in [0.717, 1.165) is 5.82 Å². The number of hydrogen-bond donors (Lipinski definition) is 0. The number of amides is 1. The molecule has 3 heterocycles. The van der Waals surface area contributed by atoms with Gasteiger partial charge in [-0.05, 0) is 48.5 Å². The number of aromatic nitrogens is 2. The lowest BCUT2D eigenvalue weighted by Gasteiger charge is -2.35. The van der Waals surface area contributed by atoms with E-state index in [1.54, 1.807) is 11.2 Å². The summed E-state index contributed by atoms with van der Waals surface area (Å²) in [5, 5.41) is 8.47. The smallest absolute Gasteiger partial charge is 0.253 e. The maximum atomic E-state index is 13.0. The Balaban J connectivity index is 1.39. The highest BCUT2D eigenvalue weighted by molar-refractivity contribution is 5.94. The molecule has 2 aromatic heterocycles. The minimum Gasteiger partial charge on any atom is -0.463 e. The lowest BCUT2D eigenvalue weighted by molar-refractivity contribution is 0.0746. The minimum absolute atomic E-state index is 0.0797. The number of hydrogen-bond acceptors (Lipinski definition) is 5. The molecule has 1 aromatic carbocycles. The average Bonchev–Trinajstić information content (AvgIpc) is 3.23. The Morgan fingerprint density at radius 3 is 2.35 bits per heavy atom. The van der Waals surface area contributed by atoms with Gasteiger partial charge in [0.2, 0.25) is 0 Å². The fourth-order valence-corrected chi connectivity index (χ4v) is 2.96. The first kappa shape index (κ1) is 16.3. The fourth-order valence-electron chi connectivity index (χ4n) is 2.96. The monoisotopic (exact) mass is 352 g/mol. The Morgan fingerprint density at radius 2 is 1.73 bits per heavy atom. The lowest BCUT2D eigenvalue weighted by Crippen LogP contribution is -2.49. The molecule has 0 aliphatic carbocycles. The third-order valence-corrected chi connectivity index (χ3v) is 4.41. The van der Waals surface area contributed by atoms with Crippen molar-refractivity contribution in [1.29, 1.82) is 0 Å². The summed E-state index contributed by atoms with van der Waals surface area (Å²) in [5.74, 6) is 1.03. The number of piperazine rings is 1. The Bertz CT molecular complexity index is 871. The SMILES string of the molecule is O=C(c1ccc(F)cc1)N1CCN(c2ccc(-c3ccco3)nn2)CC1. The highest BCUT2D eigenvalue weighted by Crippen LogP contribution is 2.20. The Hall–Kier alpha value is -3.22. The van der Waals surface area contributed by atoms with Crippen LogP contribution in [0.1, 0.15) is 10.4 Å². The molecular formula is C19H17FN4O2. The molecule has 0 radical (unpaired) electrons. The van der Waals surface area contributed by atoms with Crippen LogP contribution >= 0.6 is 0 Å². The highest BCUT2D eigenvalue weighted by Gasteiger charge is 2.23. The van der Waals surface area contributed by atoms with Crippen LogP contribution in [0.5, 0.6) is 0 Å². The Labute approximate surface area is 149 Å². The van der Waals surface area contributed by atoms with Crippen molar-refractivity contribution in [2.75, 3.05) is 31.1 Å². The molecule has 4 rings (SSSR count). The summed E-state index contributed by atoms with van der Waals surface area (Å²) in [6, 6.07) is 13.1. The first-order valence-corrected chi connectivity index (χ1v) is 8.38. The van der Waals surface area contributed by atoms with E-state index < -0.39 is 0 Å². The fraction of sp³-hybridized carbons (Fsp3) is 0.211. The molecule has 0 saturated carbocycles. The van der Waals surface area contributed by atoms with Crippen LogP contribution < -0.4 is 4.90 Å². The first-order chi connectivity index (χ1) is 12.7. The van der Waals surface area contributed by atoms with Gasteiger partial charge in [-0.2, -0.15) is 0 Å². The molecule has 26 heavy (non-hydrogen) atoms. The van der Waals surface area contributed by atoms with Crippen molar-refractivity contribution in [2.24, 2.45) is 0 Å². The van der Waals surface area contributed by atoms with Gasteiger partial charge < -0.3 is 14.2 Å². The van der Waals surface area contributed by atoms with Gasteiger partial charge in [0.1, 0.15) is 11.5 Å². The summed E-state index contributed by atoms with van der Waals surface area (Å²) in [4.78, 5) is 16.3. The summed E-state index contributed by atoms with van der Waals surface area (Å²) in [6.45, 7) is 2.50. The van der Waals surface area contributed by atoms with Crippen molar-refractivity contribution in [3.8, 4) is 11.5 Å². The van der Waals surface area contributed by atoms with Gasteiger partial charge in [-0.25, -0.2) is 4.39 Å². The van der Waals surface area contributed by atoms with Crippen molar-refractivity contribution in [2.45, 2.75) is 0 Å². The number of anilines is 1. The maximum Gasteiger partial charge on any atom is 0.253 e. The lowest BCUT2D eigenvalue weighted by atomic mass is 10.2. The summed E-state index contributed by atoms with van der Waals surface area (Å²) in [6.07, 6.45) is 1.60. The minimum atomic E-state index is -0.345. The molecule has 3 aromatic rings. The van der Waals surface area contributed by atoms with Gasteiger partial charge in [-0.15, -0.1) is 10.2 Å². The zero-order valence-electron chi connectivity index (χ0n) is 14.0. The van der Waals surface area contributed by atoms with E-state index in [4.69, 9.17) is 4.42 Å². The van der Waals surface area contributed by atoms with Crippen LogP contribution in [-0.4, -0.2) is 47.2 Å². The van der Waals surface area contributed by atoms with Crippen molar-refractivity contribution < 1.29 is 13.6 Å². The second-order valence-corrected chi connectivity index (χ2v) is 6.04. The van der Waals surface area contributed by atoms with Crippen LogP contribution in [0.15, 0.2) is 59.2 Å². The summed E-state index contributed by atoms with van der Waals surface area (Å²) < 4.78 is 18.3. The normalized spacial score (nSPS) is 14.5. The van der Waals surface area contributed by atoms with Crippen molar-refractivity contribution in [1.82, 2.24) is 15.1 Å². The number of carbonyl (C=O) groups excluding carboxylic acids is 1. The van der Waals surface area contributed by atoms with Gasteiger partial charge in [0.15, 0.2) is 11.6 Å². The molecular weight excluding hydrogens is 335 g/mol. The van der Waals surface area contributed by atoms with Gasteiger partial charge in [0.05, 0.1) is 6.26 Å². The summed E-state index contributed by atoms with van der Waals surface area (Å²) in [5.41, 5.74) is 1.19. The quantitative estimate of drug-likeness (QED) is 0.725. The van der Waals surface area contributed by atoms with Crippen LogP contribution in [0.2, 0.25) is 0 Å². The van der Waals surface area contributed by atoms with E-state index >= 15 is 0 Å². The number of benzene rings is 1. The van der Waals surface area contributed by atoms with Crippen molar-refractivity contribution in [3.63, 3.8) is 0 Å². The average molecular weight is 352 g/mol. The summed E-state index contributed by atoms with van der Waals surface area (Å²) in [7, 11) is 0. The second-order valence-electron chi connectivity index (χ2n) is 6.04. The molecule has 1 saturated heterocycles. The maximum absolute atomic E-state index is 13.0. The first-order valence-electron chi connectivity index (χ1n) is 8.38. The molecule has 6 nitrogen and oxygen atoms in total. The molecule has 0 atom stereocenters. The van der Waals surface area contributed by atoms with E-state index in [1.165, 1.54) is 24.3 Å². The molecule has 1 fully saturated rings. The van der Waals surface area contributed by atoms with E-state index in [1.807, 2.05) is 24.3 Å². The van der Waals surface area contributed by atoms with Crippen molar-refractivity contribution in [3.05, 3.63) is 66.2 Å². The molecule has 132 valence electrons. The van der Waals surface area contributed by atoms with Crippen LogP contribution in [0.3, 0.4) is 0 Å². The largest absolute Gasteiger partial charge is 0.463 e. The molecule has 1 aliphatic rings. The number of nitrogens with zero attached hydrogens (tertiary/aromatic N) is 4. The predicted octanol–water partition coefficient (Wildman–Crippen LogP) is 2.84. The van der Waals surface area contributed by atoms with Gasteiger partial charge in [-0.1, -0.05) is 0 Å². The Morgan fingerprint density at radius 1 is 0.962 bits per heavy atom. The second kappa shape index (κ2) is 6.95. The number of furan rings is 1. The van der Waals surface area contributed by atoms with Crippen molar-refractivity contribution >= 4 is 11.7 Å². The number of halogens is 1. The van der Waals surface area contributed by atoms with Gasteiger partial charge in [0.25, 0.3) is 5.91 Å².